The Balaban J connectivity index is 1.21. The predicted molar refractivity (Wildman–Crippen MR) is 247 cm³/mol. The monoisotopic (exact) mass is 848 g/mol. The maximum absolute atomic E-state index is 15.9. The first-order valence-electron chi connectivity index (χ1n) is 20.7. The standard InChI is InChI=1S/C56H34F6N2/c57-55(58,59)48-33-43(63-50-25-21-39(35-13-5-1-6-14-35)29-44(50)45-30-40(22-26-51(45)63)36-15-7-2-8-16-36)34-49(56(60,61)62)54(48)64-52-27-23-41(37-17-9-3-10-18-37)31-46(52)47-32-42(24-28-53(47)64)38-19-11-4-12-20-38/h1-34H. The summed E-state index contributed by atoms with van der Waals surface area (Å²) >= 11 is 0. The lowest BCUT2D eigenvalue weighted by Crippen LogP contribution is -2.19. The summed E-state index contributed by atoms with van der Waals surface area (Å²) in [5.74, 6) is 0. The van der Waals surface area contributed by atoms with Crippen LogP contribution in [-0.2, 0) is 12.4 Å². The third-order valence-corrected chi connectivity index (χ3v) is 12.1. The van der Waals surface area contributed by atoms with E-state index in [0.717, 1.165) is 61.2 Å². The number of halogens is 6. The lowest BCUT2D eigenvalue weighted by atomic mass is 10.0. The van der Waals surface area contributed by atoms with Crippen molar-refractivity contribution >= 4 is 43.6 Å². The summed E-state index contributed by atoms with van der Waals surface area (Å²) in [6.45, 7) is 0. The Morgan fingerprint density at radius 3 is 0.797 bits per heavy atom. The van der Waals surface area contributed by atoms with E-state index in [0.29, 0.717) is 32.6 Å². The van der Waals surface area contributed by atoms with Gasteiger partial charge in [-0.3, -0.25) is 0 Å². The number of rotatable bonds is 6. The second-order valence-corrected chi connectivity index (χ2v) is 15.9. The van der Waals surface area contributed by atoms with Gasteiger partial charge in [-0.05, 0) is 105 Å². The fourth-order valence-electron chi connectivity index (χ4n) is 9.23. The molecular weight excluding hydrogens is 815 g/mol. The van der Waals surface area contributed by atoms with Gasteiger partial charge in [0.15, 0.2) is 0 Å². The van der Waals surface area contributed by atoms with E-state index >= 15 is 26.3 Å². The number of benzene rings is 9. The molecule has 0 aliphatic carbocycles. The second-order valence-electron chi connectivity index (χ2n) is 15.9. The number of aromatic nitrogens is 2. The zero-order chi connectivity index (χ0) is 43.7. The first-order valence-corrected chi connectivity index (χ1v) is 20.7. The zero-order valence-electron chi connectivity index (χ0n) is 33.8. The summed E-state index contributed by atoms with van der Waals surface area (Å²) in [6.07, 6.45) is -10.4. The highest BCUT2D eigenvalue weighted by atomic mass is 19.4. The molecule has 11 rings (SSSR count). The topological polar surface area (TPSA) is 9.86 Å². The average molecular weight is 849 g/mol. The lowest BCUT2D eigenvalue weighted by Gasteiger charge is -2.23. The van der Waals surface area contributed by atoms with Gasteiger partial charge in [0.2, 0.25) is 0 Å². The summed E-state index contributed by atoms with van der Waals surface area (Å²) in [7, 11) is 0. The molecule has 11 aromatic rings. The third kappa shape index (κ3) is 6.61. The molecule has 0 atom stereocenters. The lowest BCUT2D eigenvalue weighted by molar-refractivity contribution is -0.142. The van der Waals surface area contributed by atoms with E-state index in [2.05, 4.69) is 0 Å². The van der Waals surface area contributed by atoms with Crippen LogP contribution in [0.4, 0.5) is 26.3 Å². The molecule has 2 heterocycles. The molecule has 0 saturated heterocycles. The molecule has 0 spiro atoms. The molecule has 0 unspecified atom stereocenters. The maximum Gasteiger partial charge on any atom is 0.418 e. The highest BCUT2D eigenvalue weighted by Crippen LogP contribution is 2.48. The van der Waals surface area contributed by atoms with Crippen molar-refractivity contribution in [1.29, 1.82) is 0 Å². The molecule has 8 heteroatoms. The first kappa shape index (κ1) is 39.0. The largest absolute Gasteiger partial charge is 0.418 e. The van der Waals surface area contributed by atoms with Gasteiger partial charge in [0.05, 0.1) is 38.9 Å². The molecule has 310 valence electrons. The molecule has 0 N–H and O–H groups in total. The van der Waals surface area contributed by atoms with Crippen LogP contribution in [0.3, 0.4) is 0 Å². The minimum Gasteiger partial charge on any atom is -0.309 e. The van der Waals surface area contributed by atoms with Gasteiger partial charge in [-0.1, -0.05) is 146 Å². The van der Waals surface area contributed by atoms with E-state index in [1.54, 1.807) is 36.4 Å². The van der Waals surface area contributed by atoms with Crippen molar-refractivity contribution in [3.63, 3.8) is 0 Å². The Morgan fingerprint density at radius 1 is 0.266 bits per heavy atom. The normalized spacial score (nSPS) is 12.2. The number of fused-ring (bicyclic) bond motifs is 6. The van der Waals surface area contributed by atoms with Gasteiger partial charge in [-0.15, -0.1) is 0 Å². The first-order chi connectivity index (χ1) is 31.0. The van der Waals surface area contributed by atoms with Crippen LogP contribution in [0.2, 0.25) is 0 Å². The molecule has 0 aliphatic rings. The van der Waals surface area contributed by atoms with Crippen molar-refractivity contribution in [1.82, 2.24) is 9.13 Å². The molecule has 0 bridgehead atoms. The molecule has 9 aromatic carbocycles. The number of nitrogens with zero attached hydrogens (tertiary/aromatic N) is 2. The summed E-state index contributed by atoms with van der Waals surface area (Å²) in [4.78, 5) is 0. The fourth-order valence-corrected chi connectivity index (χ4v) is 9.23. The fraction of sp³-hybridized carbons (Fsp3) is 0.0357. The summed E-state index contributed by atoms with van der Waals surface area (Å²) < 4.78 is 98.2. The van der Waals surface area contributed by atoms with Gasteiger partial charge < -0.3 is 9.13 Å². The summed E-state index contributed by atoms with van der Waals surface area (Å²) in [5.41, 5.74) is 4.12. The Morgan fingerprint density at radius 2 is 0.531 bits per heavy atom. The number of alkyl halides is 6. The van der Waals surface area contributed by atoms with Gasteiger partial charge in [0.1, 0.15) is 0 Å². The minimum absolute atomic E-state index is 0.211. The van der Waals surface area contributed by atoms with Crippen LogP contribution in [0, 0.1) is 0 Å². The van der Waals surface area contributed by atoms with Gasteiger partial charge >= 0.3 is 12.4 Å². The SMILES string of the molecule is FC(F)(F)c1cc(-n2c3ccc(-c4ccccc4)cc3c3cc(-c4ccccc4)ccc32)cc(C(F)(F)F)c1-n1c2ccc(-c3ccccc3)cc2c2cc(-c3ccccc3)ccc21. The smallest absolute Gasteiger partial charge is 0.309 e. The van der Waals surface area contributed by atoms with Crippen molar-refractivity contribution in [2.45, 2.75) is 12.4 Å². The number of hydrogen-bond acceptors (Lipinski definition) is 0. The zero-order valence-corrected chi connectivity index (χ0v) is 33.8. The Labute approximate surface area is 363 Å². The molecular formula is C56H34F6N2. The van der Waals surface area contributed by atoms with Crippen molar-refractivity contribution in [3.8, 4) is 55.9 Å². The van der Waals surface area contributed by atoms with Gasteiger partial charge in [0, 0.05) is 27.2 Å². The van der Waals surface area contributed by atoms with E-state index in [-0.39, 0.29) is 16.7 Å². The maximum atomic E-state index is 15.9. The summed E-state index contributed by atoms with van der Waals surface area (Å²) in [5, 5.41) is 2.41. The quantitative estimate of drug-likeness (QED) is 0.148. The molecule has 0 saturated carbocycles. The second kappa shape index (κ2) is 14.9. The van der Waals surface area contributed by atoms with Crippen molar-refractivity contribution in [3.05, 3.63) is 217 Å². The number of hydrogen-bond donors (Lipinski definition) is 0. The third-order valence-electron chi connectivity index (χ3n) is 12.1. The van der Waals surface area contributed by atoms with Crippen LogP contribution in [0.1, 0.15) is 11.1 Å². The highest BCUT2D eigenvalue weighted by Gasteiger charge is 2.43. The van der Waals surface area contributed by atoms with Gasteiger partial charge in [-0.25, -0.2) is 0 Å². The van der Waals surface area contributed by atoms with Crippen molar-refractivity contribution in [2.24, 2.45) is 0 Å². The van der Waals surface area contributed by atoms with Crippen LogP contribution in [-0.4, -0.2) is 9.13 Å². The predicted octanol–water partition coefficient (Wildman–Crippen LogP) is 16.6. The van der Waals surface area contributed by atoms with Crippen LogP contribution >= 0.6 is 0 Å². The Hall–Kier alpha value is -7.84. The average Bonchev–Trinajstić information content (AvgIpc) is 3.83. The van der Waals surface area contributed by atoms with Crippen LogP contribution in [0.5, 0.6) is 0 Å². The van der Waals surface area contributed by atoms with Crippen LogP contribution in [0.15, 0.2) is 206 Å². The minimum atomic E-state index is -5.21. The molecule has 64 heavy (non-hydrogen) atoms. The molecule has 2 nitrogen and oxygen atoms in total. The molecule has 0 amide bonds. The van der Waals surface area contributed by atoms with E-state index < -0.39 is 29.2 Å². The van der Waals surface area contributed by atoms with E-state index in [9.17, 15) is 0 Å². The molecule has 2 aromatic heterocycles. The van der Waals surface area contributed by atoms with Gasteiger partial charge in [0.25, 0.3) is 0 Å². The highest BCUT2D eigenvalue weighted by molar-refractivity contribution is 6.13. The van der Waals surface area contributed by atoms with E-state index in [1.165, 1.54) is 4.57 Å². The van der Waals surface area contributed by atoms with Crippen molar-refractivity contribution < 1.29 is 26.3 Å². The Kier molecular flexibility index (Phi) is 9.10. The van der Waals surface area contributed by atoms with Crippen LogP contribution in [0.25, 0.3) is 99.5 Å². The van der Waals surface area contributed by atoms with E-state index in [1.807, 2.05) is 158 Å². The van der Waals surface area contributed by atoms with Crippen molar-refractivity contribution in [2.75, 3.05) is 0 Å². The molecule has 0 aliphatic heterocycles. The van der Waals surface area contributed by atoms with E-state index in [4.69, 9.17) is 0 Å². The van der Waals surface area contributed by atoms with Gasteiger partial charge in [-0.2, -0.15) is 26.3 Å². The molecule has 0 radical (unpaired) electrons. The van der Waals surface area contributed by atoms with Crippen LogP contribution < -0.4 is 0 Å². The Bertz CT molecular complexity index is 3320. The summed E-state index contributed by atoms with van der Waals surface area (Å²) in [6, 6.07) is 61.5. The molecule has 0 fully saturated rings.